The molecule has 3 aromatic rings. The highest BCUT2D eigenvalue weighted by molar-refractivity contribution is 7.99. The van der Waals surface area contributed by atoms with E-state index in [2.05, 4.69) is 10.5 Å². The number of benzene rings is 2. The Morgan fingerprint density at radius 1 is 1.29 bits per heavy atom. The van der Waals surface area contributed by atoms with Crippen molar-refractivity contribution in [2.45, 2.75) is 11.8 Å². The van der Waals surface area contributed by atoms with Gasteiger partial charge in [-0.1, -0.05) is 35.0 Å². The summed E-state index contributed by atoms with van der Waals surface area (Å²) in [6.07, 6.45) is 0. The Kier molecular flexibility index (Phi) is 7.28. The van der Waals surface area contributed by atoms with Gasteiger partial charge < -0.3 is 14.6 Å². The third-order valence-corrected chi connectivity index (χ3v) is 5.31. The molecule has 0 fully saturated rings. The van der Waals surface area contributed by atoms with E-state index in [4.69, 9.17) is 26.1 Å². The zero-order valence-corrected chi connectivity index (χ0v) is 17.7. The number of rotatable bonds is 7. The molecule has 0 saturated heterocycles. The van der Waals surface area contributed by atoms with E-state index in [9.17, 15) is 14.0 Å². The fourth-order valence-electron chi connectivity index (χ4n) is 2.70. The largest absolute Gasteiger partial charge is 0.452 e. The quantitative estimate of drug-likeness (QED) is 0.397. The number of aromatic nitrogens is 1. The van der Waals surface area contributed by atoms with Crippen LogP contribution in [0.1, 0.15) is 16.1 Å². The summed E-state index contributed by atoms with van der Waals surface area (Å²) in [6.45, 7) is 0.871. The van der Waals surface area contributed by atoms with E-state index >= 15 is 0 Å². The first kappa shape index (κ1) is 22.3. The maximum absolute atomic E-state index is 14.3. The molecule has 0 atom stereocenters. The number of nitriles is 1. The van der Waals surface area contributed by atoms with Crippen molar-refractivity contribution < 1.29 is 23.2 Å². The zero-order chi connectivity index (χ0) is 22.4. The minimum Gasteiger partial charge on any atom is -0.452 e. The van der Waals surface area contributed by atoms with E-state index in [1.54, 1.807) is 24.3 Å². The van der Waals surface area contributed by atoms with Crippen LogP contribution in [-0.4, -0.2) is 29.4 Å². The first-order valence-corrected chi connectivity index (χ1v) is 10.2. The third-order valence-electron chi connectivity index (χ3n) is 4.05. The van der Waals surface area contributed by atoms with Crippen molar-refractivity contribution in [2.24, 2.45) is 0 Å². The Morgan fingerprint density at radius 2 is 2.06 bits per heavy atom. The second kappa shape index (κ2) is 10.1. The summed E-state index contributed by atoms with van der Waals surface area (Å²) in [5, 5.41) is 15.2. The van der Waals surface area contributed by atoms with Crippen LogP contribution in [0, 0.1) is 24.1 Å². The molecule has 1 N–H and O–H groups in total. The van der Waals surface area contributed by atoms with Crippen molar-refractivity contribution in [2.75, 3.05) is 17.7 Å². The maximum Gasteiger partial charge on any atom is 0.344 e. The molecule has 3 rings (SSSR count). The predicted molar refractivity (Wildman–Crippen MR) is 113 cm³/mol. The van der Waals surface area contributed by atoms with Crippen LogP contribution in [0.4, 0.5) is 10.1 Å². The van der Waals surface area contributed by atoms with Gasteiger partial charge in [-0.05, 0) is 31.2 Å². The molecule has 0 aliphatic rings. The van der Waals surface area contributed by atoms with Gasteiger partial charge in [0.2, 0.25) is 0 Å². The monoisotopic (exact) mass is 459 g/mol. The van der Waals surface area contributed by atoms with Crippen LogP contribution < -0.4 is 5.32 Å². The van der Waals surface area contributed by atoms with E-state index < -0.39 is 24.3 Å². The van der Waals surface area contributed by atoms with Crippen molar-refractivity contribution in [3.8, 4) is 17.3 Å². The van der Waals surface area contributed by atoms with Crippen LogP contribution in [0.3, 0.4) is 0 Å². The number of para-hydroxylation sites is 1. The minimum absolute atomic E-state index is 0.0477. The second-order valence-electron chi connectivity index (χ2n) is 6.13. The van der Waals surface area contributed by atoms with Gasteiger partial charge in [0.1, 0.15) is 22.8 Å². The topological polar surface area (TPSA) is 105 Å². The lowest BCUT2D eigenvalue weighted by molar-refractivity contribution is -0.119. The molecule has 1 amide bonds. The minimum atomic E-state index is -0.907. The second-order valence-corrected chi connectivity index (χ2v) is 7.55. The third kappa shape index (κ3) is 5.23. The Balaban J connectivity index is 1.72. The molecule has 2 aromatic carbocycles. The summed E-state index contributed by atoms with van der Waals surface area (Å²) in [6, 6.07) is 13.0. The molecule has 31 heavy (non-hydrogen) atoms. The van der Waals surface area contributed by atoms with Gasteiger partial charge in [0.15, 0.2) is 6.61 Å². The van der Waals surface area contributed by atoms with Crippen LogP contribution in [0.15, 0.2) is 51.9 Å². The number of nitrogens with zero attached hydrogens (tertiary/aromatic N) is 2. The molecule has 10 heteroatoms. The number of anilines is 1. The van der Waals surface area contributed by atoms with Crippen molar-refractivity contribution in [3.05, 3.63) is 64.6 Å². The zero-order valence-electron chi connectivity index (χ0n) is 16.1. The number of esters is 1. The van der Waals surface area contributed by atoms with Crippen molar-refractivity contribution in [1.29, 1.82) is 5.26 Å². The molecule has 0 radical (unpaired) electrons. The van der Waals surface area contributed by atoms with Crippen LogP contribution in [-0.2, 0) is 9.53 Å². The van der Waals surface area contributed by atoms with Gasteiger partial charge in [0, 0.05) is 4.90 Å². The van der Waals surface area contributed by atoms with Gasteiger partial charge >= 0.3 is 5.97 Å². The number of aryl methyl sites for hydroxylation is 1. The molecule has 0 saturated carbocycles. The average Bonchev–Trinajstić information content (AvgIpc) is 3.12. The van der Waals surface area contributed by atoms with Crippen molar-refractivity contribution in [3.63, 3.8) is 0 Å². The average molecular weight is 460 g/mol. The highest BCUT2D eigenvalue weighted by Crippen LogP contribution is 2.33. The first-order valence-electron chi connectivity index (χ1n) is 8.88. The lowest BCUT2D eigenvalue weighted by Gasteiger charge is -2.10. The van der Waals surface area contributed by atoms with E-state index in [1.165, 1.54) is 36.9 Å². The molecule has 0 unspecified atom stereocenters. The molecule has 0 bridgehead atoms. The van der Waals surface area contributed by atoms with Crippen LogP contribution in [0.2, 0.25) is 5.02 Å². The Labute approximate surface area is 186 Å². The molecule has 0 spiro atoms. The van der Waals surface area contributed by atoms with Gasteiger partial charge in [-0.25, -0.2) is 9.18 Å². The van der Waals surface area contributed by atoms with Crippen molar-refractivity contribution in [1.82, 2.24) is 5.16 Å². The summed E-state index contributed by atoms with van der Waals surface area (Å²) in [5.74, 6) is -1.86. The molecule has 158 valence electrons. The van der Waals surface area contributed by atoms with Gasteiger partial charge in [0.05, 0.1) is 28.1 Å². The molecule has 1 heterocycles. The van der Waals surface area contributed by atoms with Crippen LogP contribution in [0.5, 0.6) is 0 Å². The summed E-state index contributed by atoms with van der Waals surface area (Å²) in [4.78, 5) is 25.6. The van der Waals surface area contributed by atoms with E-state index in [-0.39, 0.29) is 33.4 Å². The number of halogens is 2. The van der Waals surface area contributed by atoms with Crippen molar-refractivity contribution >= 4 is 40.9 Å². The Morgan fingerprint density at radius 3 is 2.81 bits per heavy atom. The number of carbonyl (C=O) groups is 2. The fourth-order valence-corrected chi connectivity index (χ4v) is 3.62. The van der Waals surface area contributed by atoms with E-state index in [0.29, 0.717) is 10.6 Å². The molecule has 0 aliphatic carbocycles. The molecule has 0 aliphatic heterocycles. The lowest BCUT2D eigenvalue weighted by atomic mass is 10.1. The number of thioether (sulfide) groups is 1. The van der Waals surface area contributed by atoms with E-state index in [0.717, 1.165) is 0 Å². The molecular weight excluding hydrogens is 445 g/mol. The van der Waals surface area contributed by atoms with Crippen LogP contribution in [0.25, 0.3) is 11.3 Å². The van der Waals surface area contributed by atoms with Gasteiger partial charge in [-0.15, -0.1) is 11.8 Å². The van der Waals surface area contributed by atoms with Crippen LogP contribution >= 0.6 is 23.4 Å². The SMILES string of the molecule is Cc1onc(-c2c(F)cccc2Cl)c1C(=O)OCC(=O)Nc1ccccc1SCC#N. The number of hydrogen-bond donors (Lipinski definition) is 1. The maximum atomic E-state index is 14.3. The standard InChI is InChI=1S/C21H15ClFN3O4S/c1-12-18(20(26-30-12)19-13(22)5-4-6-14(19)23)21(28)29-11-17(27)25-15-7-2-3-8-16(15)31-10-9-24/h2-8H,10-11H2,1H3,(H,25,27). The molecule has 7 nitrogen and oxygen atoms in total. The Bertz CT molecular complexity index is 1160. The smallest absolute Gasteiger partial charge is 0.344 e. The highest BCUT2D eigenvalue weighted by Gasteiger charge is 2.27. The summed E-state index contributed by atoms with van der Waals surface area (Å²) < 4.78 is 24.4. The number of ether oxygens (including phenoxy) is 1. The number of amides is 1. The highest BCUT2D eigenvalue weighted by atomic mass is 35.5. The summed E-state index contributed by atoms with van der Waals surface area (Å²) >= 11 is 7.32. The number of nitrogens with one attached hydrogen (secondary N) is 1. The fraction of sp³-hybridized carbons (Fsp3) is 0.143. The Hall–Kier alpha value is -3.35. The number of carbonyl (C=O) groups excluding carboxylic acids is 2. The number of hydrogen-bond acceptors (Lipinski definition) is 7. The van der Waals surface area contributed by atoms with Gasteiger partial charge in [-0.3, -0.25) is 4.79 Å². The normalized spacial score (nSPS) is 10.4. The molecular formula is C21H15ClFN3O4S. The predicted octanol–water partition coefficient (Wildman–Crippen LogP) is 4.85. The lowest BCUT2D eigenvalue weighted by Crippen LogP contribution is -2.21. The molecule has 1 aromatic heterocycles. The summed E-state index contributed by atoms with van der Waals surface area (Å²) in [5.41, 5.74) is 0.165. The first-order chi connectivity index (χ1) is 14.9. The summed E-state index contributed by atoms with van der Waals surface area (Å²) in [7, 11) is 0. The van der Waals surface area contributed by atoms with Gasteiger partial charge in [0.25, 0.3) is 5.91 Å². The van der Waals surface area contributed by atoms with E-state index in [1.807, 2.05) is 6.07 Å². The van der Waals surface area contributed by atoms with Gasteiger partial charge in [-0.2, -0.15) is 5.26 Å².